The Morgan fingerprint density at radius 1 is 1.47 bits per heavy atom. The smallest absolute Gasteiger partial charge is 0.269 e. The lowest BCUT2D eigenvalue weighted by Crippen LogP contribution is -2.44. The van der Waals surface area contributed by atoms with Gasteiger partial charge in [-0.3, -0.25) is 13.8 Å². The van der Waals surface area contributed by atoms with Crippen LogP contribution in [0.2, 0.25) is 5.15 Å². The quantitative estimate of drug-likeness (QED) is 0.649. The molecular formula is C19H20ClN5O4S. The van der Waals surface area contributed by atoms with E-state index in [1.165, 1.54) is 21.3 Å². The predicted octanol–water partition coefficient (Wildman–Crippen LogP) is 2.77. The molecule has 158 valence electrons. The molecule has 0 saturated heterocycles. The lowest BCUT2D eigenvalue weighted by Gasteiger charge is -2.36. The fraction of sp³-hybridized carbons (Fsp3) is 0.421. The molecule has 1 aliphatic carbocycles. The van der Waals surface area contributed by atoms with Gasteiger partial charge in [0.25, 0.3) is 10.0 Å². The summed E-state index contributed by atoms with van der Waals surface area (Å²) in [6.45, 7) is 2.32. The number of hydrogen-bond donors (Lipinski definition) is 1. The van der Waals surface area contributed by atoms with E-state index in [1.807, 2.05) is 6.92 Å². The van der Waals surface area contributed by atoms with Gasteiger partial charge < -0.3 is 10.1 Å². The number of nitrogens with one attached hydrogen (secondary N) is 1. The van der Waals surface area contributed by atoms with Crippen molar-refractivity contribution in [3.8, 4) is 11.8 Å². The Labute approximate surface area is 179 Å². The molecule has 0 bridgehead atoms. The fourth-order valence-corrected chi connectivity index (χ4v) is 5.53. The van der Waals surface area contributed by atoms with Crippen LogP contribution < -0.4 is 14.4 Å². The van der Waals surface area contributed by atoms with Crippen molar-refractivity contribution in [2.45, 2.75) is 43.7 Å². The number of rotatable bonds is 7. The number of nitrogens with zero attached hydrogens (tertiary/aromatic N) is 4. The Hall–Kier alpha value is -2.77. The van der Waals surface area contributed by atoms with Gasteiger partial charge in [0.05, 0.1) is 23.7 Å². The zero-order valence-corrected chi connectivity index (χ0v) is 17.8. The van der Waals surface area contributed by atoms with Crippen molar-refractivity contribution in [1.82, 2.24) is 9.78 Å². The molecule has 1 fully saturated rings. The van der Waals surface area contributed by atoms with E-state index in [0.29, 0.717) is 36.5 Å². The zero-order chi connectivity index (χ0) is 21.5. The highest BCUT2D eigenvalue weighted by atomic mass is 35.5. The molecule has 2 heterocycles. The van der Waals surface area contributed by atoms with Gasteiger partial charge >= 0.3 is 0 Å². The fourth-order valence-electron chi connectivity index (χ4n) is 3.59. The third kappa shape index (κ3) is 3.59. The Bertz CT molecular complexity index is 1140. The molecule has 0 radical (unpaired) electrons. The van der Waals surface area contributed by atoms with E-state index in [2.05, 4.69) is 16.5 Å². The number of amides is 1. The van der Waals surface area contributed by atoms with Crippen molar-refractivity contribution in [1.29, 1.82) is 5.26 Å². The average molecular weight is 450 g/mol. The number of hydrogen-bond acceptors (Lipinski definition) is 6. The van der Waals surface area contributed by atoms with Crippen LogP contribution in [-0.2, 0) is 21.4 Å². The largest absolute Gasteiger partial charge is 0.486 e. The summed E-state index contributed by atoms with van der Waals surface area (Å²) in [6, 6.07) is 7.09. The third-order valence-corrected chi connectivity index (χ3v) is 7.58. The van der Waals surface area contributed by atoms with E-state index in [-0.39, 0.29) is 16.6 Å². The molecule has 1 aromatic carbocycles. The normalized spacial score (nSPS) is 19.4. The van der Waals surface area contributed by atoms with Gasteiger partial charge in [0.2, 0.25) is 6.41 Å². The van der Waals surface area contributed by atoms with Crippen LogP contribution in [0.15, 0.2) is 29.3 Å². The zero-order valence-electron chi connectivity index (χ0n) is 16.2. The van der Waals surface area contributed by atoms with Crippen molar-refractivity contribution in [2.24, 2.45) is 5.41 Å². The third-order valence-electron chi connectivity index (χ3n) is 5.40. The Kier molecular flexibility index (Phi) is 5.11. The minimum Gasteiger partial charge on any atom is -0.486 e. The minimum absolute atomic E-state index is 0.0247. The first kappa shape index (κ1) is 20.5. The summed E-state index contributed by atoms with van der Waals surface area (Å²) >= 11 is 6.14. The van der Waals surface area contributed by atoms with Gasteiger partial charge in [-0.15, -0.1) is 0 Å². The number of ether oxygens (including phenoxy) is 1. The summed E-state index contributed by atoms with van der Waals surface area (Å²) in [4.78, 5) is 10.7. The SMILES string of the molecule is CCn1cc(S(=O)(=O)N2CC(CC3(C#N)CC3)Oc3ccc(NC=O)cc32)c(Cl)n1. The van der Waals surface area contributed by atoms with Gasteiger partial charge in [0.15, 0.2) is 5.15 Å². The molecule has 9 nitrogen and oxygen atoms in total. The molecule has 2 aromatic rings. The van der Waals surface area contributed by atoms with E-state index >= 15 is 0 Å². The topological polar surface area (TPSA) is 117 Å². The van der Waals surface area contributed by atoms with Gasteiger partial charge in [0, 0.05) is 24.8 Å². The second-order valence-electron chi connectivity index (χ2n) is 7.46. The van der Waals surface area contributed by atoms with Crippen LogP contribution in [-0.4, -0.2) is 37.3 Å². The molecule has 4 rings (SSSR count). The van der Waals surface area contributed by atoms with Gasteiger partial charge in [-0.2, -0.15) is 10.4 Å². The van der Waals surface area contributed by atoms with Gasteiger partial charge in [-0.1, -0.05) is 11.6 Å². The standard InChI is InChI=1S/C19H20ClN5O4S/c1-2-24-10-17(18(20)23-24)30(27,28)25-9-14(8-19(11-21)5-6-19)29-16-4-3-13(22-12-26)7-15(16)25/h3-4,7,10,12,14H,2,5-6,8-9H2,1H3,(H,22,26). The summed E-state index contributed by atoms with van der Waals surface area (Å²) in [5.74, 6) is 0.360. The number of fused-ring (bicyclic) bond motifs is 1. The first-order valence-electron chi connectivity index (χ1n) is 9.50. The number of aryl methyl sites for hydroxylation is 1. The van der Waals surface area contributed by atoms with E-state index in [9.17, 15) is 18.5 Å². The average Bonchev–Trinajstić information content (AvgIpc) is 3.39. The number of aromatic nitrogens is 2. The van der Waals surface area contributed by atoms with Crippen molar-refractivity contribution in [3.05, 3.63) is 29.5 Å². The minimum atomic E-state index is -4.06. The lowest BCUT2D eigenvalue weighted by molar-refractivity contribution is -0.105. The first-order valence-corrected chi connectivity index (χ1v) is 11.3. The Morgan fingerprint density at radius 2 is 2.23 bits per heavy atom. The molecule has 1 unspecified atom stereocenters. The first-order chi connectivity index (χ1) is 14.3. The number of benzene rings is 1. The van der Waals surface area contributed by atoms with Crippen molar-refractivity contribution < 1.29 is 17.9 Å². The summed E-state index contributed by atoms with van der Waals surface area (Å²) in [7, 11) is -4.06. The van der Waals surface area contributed by atoms with Gasteiger partial charge in [-0.25, -0.2) is 8.42 Å². The van der Waals surface area contributed by atoms with Crippen LogP contribution in [0.3, 0.4) is 0 Å². The lowest BCUT2D eigenvalue weighted by atomic mass is 9.99. The Morgan fingerprint density at radius 3 is 2.83 bits per heavy atom. The molecular weight excluding hydrogens is 430 g/mol. The number of nitriles is 1. The summed E-state index contributed by atoms with van der Waals surface area (Å²) < 4.78 is 35.8. The highest BCUT2D eigenvalue weighted by Gasteiger charge is 2.47. The van der Waals surface area contributed by atoms with Crippen LogP contribution in [0, 0.1) is 16.7 Å². The number of sulfonamides is 1. The predicted molar refractivity (Wildman–Crippen MR) is 110 cm³/mol. The Balaban J connectivity index is 1.77. The van der Waals surface area contributed by atoms with Crippen LogP contribution in [0.1, 0.15) is 26.2 Å². The number of anilines is 2. The van der Waals surface area contributed by atoms with Crippen LogP contribution >= 0.6 is 11.6 Å². The molecule has 1 amide bonds. The van der Waals surface area contributed by atoms with E-state index in [4.69, 9.17) is 16.3 Å². The maximum Gasteiger partial charge on any atom is 0.269 e. The summed E-state index contributed by atoms with van der Waals surface area (Å²) in [5, 5.41) is 15.9. The highest BCUT2D eigenvalue weighted by molar-refractivity contribution is 7.93. The van der Waals surface area contributed by atoms with Crippen LogP contribution in [0.25, 0.3) is 0 Å². The maximum absolute atomic E-state index is 13.5. The second kappa shape index (κ2) is 7.49. The monoisotopic (exact) mass is 449 g/mol. The molecule has 1 saturated carbocycles. The molecule has 30 heavy (non-hydrogen) atoms. The van der Waals surface area contributed by atoms with Crippen LogP contribution in [0.4, 0.5) is 11.4 Å². The molecule has 0 spiro atoms. The number of carbonyl (C=O) groups excluding carboxylic acids is 1. The van der Waals surface area contributed by atoms with E-state index in [1.54, 1.807) is 12.1 Å². The van der Waals surface area contributed by atoms with E-state index in [0.717, 1.165) is 12.8 Å². The maximum atomic E-state index is 13.5. The van der Waals surface area contributed by atoms with Gasteiger partial charge in [-0.05, 0) is 38.0 Å². The summed E-state index contributed by atoms with van der Waals surface area (Å²) in [6.07, 6.45) is 3.41. The number of halogens is 1. The van der Waals surface area contributed by atoms with E-state index < -0.39 is 21.5 Å². The molecule has 11 heteroatoms. The van der Waals surface area contributed by atoms with Crippen molar-refractivity contribution in [3.63, 3.8) is 0 Å². The highest BCUT2D eigenvalue weighted by Crippen LogP contribution is 2.51. The van der Waals surface area contributed by atoms with Crippen molar-refractivity contribution in [2.75, 3.05) is 16.2 Å². The molecule has 2 aliphatic rings. The van der Waals surface area contributed by atoms with Crippen molar-refractivity contribution >= 4 is 39.4 Å². The molecule has 1 N–H and O–H groups in total. The molecule has 1 aliphatic heterocycles. The van der Waals surface area contributed by atoms with Gasteiger partial charge in [0.1, 0.15) is 16.7 Å². The van der Waals surface area contributed by atoms with Crippen LogP contribution in [0.5, 0.6) is 5.75 Å². The summed E-state index contributed by atoms with van der Waals surface area (Å²) in [5.41, 5.74) is 0.263. The molecule has 1 aromatic heterocycles. The molecule has 1 atom stereocenters. The second-order valence-corrected chi connectivity index (χ2v) is 9.65. The number of carbonyl (C=O) groups is 1.